The Balaban J connectivity index is 1.54. The minimum atomic E-state index is -0.250. The van der Waals surface area contributed by atoms with Crippen molar-refractivity contribution in [1.29, 1.82) is 0 Å². The standard InChI is InChI=1S/C29H28N4O2S/c1-18(2)28(34)31-22-13-12-21(17-19(22)3)33-27(26(32-29(33)36)23-11-7-8-16-30-23)25-15-14-24(35-25)20-9-5-4-6-10-20/h4-18,26-27H,1-3H3,(H,31,34)(H,32,36)/t26-,27+/m1/s1. The molecule has 6 nitrogen and oxygen atoms in total. The molecule has 0 aliphatic carbocycles. The summed E-state index contributed by atoms with van der Waals surface area (Å²) in [5.74, 6) is 1.47. The van der Waals surface area contributed by atoms with Crippen LogP contribution in [0.15, 0.2) is 89.5 Å². The molecule has 1 aliphatic heterocycles. The Morgan fingerprint density at radius 3 is 2.53 bits per heavy atom. The van der Waals surface area contributed by atoms with E-state index in [9.17, 15) is 4.79 Å². The molecule has 3 heterocycles. The van der Waals surface area contributed by atoms with Crippen LogP contribution in [0.4, 0.5) is 11.4 Å². The summed E-state index contributed by atoms with van der Waals surface area (Å²) in [6, 6.07) is 25.4. The average molecular weight is 497 g/mol. The van der Waals surface area contributed by atoms with Gasteiger partial charge in [0.05, 0.1) is 11.7 Å². The third kappa shape index (κ3) is 4.62. The van der Waals surface area contributed by atoms with Gasteiger partial charge in [0.2, 0.25) is 5.91 Å². The first-order valence-electron chi connectivity index (χ1n) is 12.0. The van der Waals surface area contributed by atoms with Crippen LogP contribution in [0.2, 0.25) is 0 Å². The minimum absolute atomic E-state index is 0.0127. The number of aryl methyl sites for hydroxylation is 1. The second kappa shape index (κ2) is 9.95. The number of nitrogens with one attached hydrogen (secondary N) is 2. The molecule has 1 fully saturated rings. The van der Waals surface area contributed by atoms with Crippen LogP contribution in [0, 0.1) is 12.8 Å². The molecule has 182 valence electrons. The molecule has 4 aromatic rings. The highest BCUT2D eigenvalue weighted by Gasteiger charge is 2.42. The molecule has 36 heavy (non-hydrogen) atoms. The molecule has 2 aromatic heterocycles. The Hall–Kier alpha value is -3.97. The van der Waals surface area contributed by atoms with Crippen molar-refractivity contribution in [2.24, 2.45) is 5.92 Å². The number of hydrogen-bond acceptors (Lipinski definition) is 4. The van der Waals surface area contributed by atoms with E-state index in [2.05, 4.69) is 20.5 Å². The molecule has 1 amide bonds. The molecule has 0 saturated carbocycles. The van der Waals surface area contributed by atoms with Gasteiger partial charge in [0.25, 0.3) is 0 Å². The topological polar surface area (TPSA) is 70.4 Å². The lowest BCUT2D eigenvalue weighted by Gasteiger charge is -2.27. The molecule has 0 radical (unpaired) electrons. The smallest absolute Gasteiger partial charge is 0.226 e. The maximum absolute atomic E-state index is 12.2. The number of carbonyl (C=O) groups is 1. The molecule has 7 heteroatoms. The largest absolute Gasteiger partial charge is 0.459 e. The molecule has 0 bridgehead atoms. The lowest BCUT2D eigenvalue weighted by Crippen LogP contribution is -2.29. The molecule has 1 saturated heterocycles. The van der Waals surface area contributed by atoms with E-state index in [0.717, 1.165) is 39.7 Å². The molecular formula is C29H28N4O2S. The first kappa shape index (κ1) is 23.8. The highest BCUT2D eigenvalue weighted by molar-refractivity contribution is 7.80. The zero-order valence-electron chi connectivity index (χ0n) is 20.4. The number of amides is 1. The van der Waals surface area contributed by atoms with Gasteiger partial charge in [0.1, 0.15) is 17.6 Å². The maximum atomic E-state index is 12.2. The highest BCUT2D eigenvalue weighted by atomic mass is 32.1. The number of furan rings is 1. The molecule has 0 unspecified atom stereocenters. The SMILES string of the molecule is Cc1cc(N2C(=S)N[C@H](c3ccccn3)[C@@H]2c2ccc(-c3ccccc3)o2)ccc1NC(=O)C(C)C. The van der Waals surface area contributed by atoms with E-state index < -0.39 is 0 Å². The van der Waals surface area contributed by atoms with Crippen molar-refractivity contribution in [2.45, 2.75) is 32.9 Å². The van der Waals surface area contributed by atoms with Crippen LogP contribution >= 0.6 is 12.2 Å². The van der Waals surface area contributed by atoms with Gasteiger partial charge in [-0.25, -0.2) is 0 Å². The zero-order valence-corrected chi connectivity index (χ0v) is 21.3. The van der Waals surface area contributed by atoms with E-state index in [4.69, 9.17) is 16.6 Å². The predicted octanol–water partition coefficient (Wildman–Crippen LogP) is 6.42. The number of anilines is 2. The molecule has 5 rings (SSSR count). The average Bonchev–Trinajstić information content (AvgIpc) is 3.51. The van der Waals surface area contributed by atoms with Crippen molar-refractivity contribution in [3.63, 3.8) is 0 Å². The quantitative estimate of drug-likeness (QED) is 0.300. The van der Waals surface area contributed by atoms with Gasteiger partial charge >= 0.3 is 0 Å². The maximum Gasteiger partial charge on any atom is 0.226 e. The number of nitrogens with zero attached hydrogens (tertiary/aromatic N) is 2. The van der Waals surface area contributed by atoms with E-state index in [0.29, 0.717) is 5.11 Å². The van der Waals surface area contributed by atoms with Crippen LogP contribution in [0.25, 0.3) is 11.3 Å². The number of aromatic nitrogens is 1. The van der Waals surface area contributed by atoms with E-state index >= 15 is 0 Å². The van der Waals surface area contributed by atoms with Gasteiger partial charge in [-0.3, -0.25) is 9.78 Å². The van der Waals surface area contributed by atoms with E-state index in [1.807, 2.05) is 99.6 Å². The summed E-state index contributed by atoms with van der Waals surface area (Å²) in [6.07, 6.45) is 1.79. The van der Waals surface area contributed by atoms with Crippen LogP contribution in [0.5, 0.6) is 0 Å². The van der Waals surface area contributed by atoms with Crippen LogP contribution in [-0.4, -0.2) is 16.0 Å². The van der Waals surface area contributed by atoms with Crippen LogP contribution < -0.4 is 15.5 Å². The van der Waals surface area contributed by atoms with Gasteiger partial charge in [-0.2, -0.15) is 0 Å². The lowest BCUT2D eigenvalue weighted by molar-refractivity contribution is -0.118. The van der Waals surface area contributed by atoms with Gasteiger partial charge in [-0.15, -0.1) is 0 Å². The van der Waals surface area contributed by atoms with Crippen molar-refractivity contribution >= 4 is 34.6 Å². The molecule has 2 atom stereocenters. The Bertz CT molecular complexity index is 1380. The first-order chi connectivity index (χ1) is 17.4. The number of pyridine rings is 1. The third-order valence-electron chi connectivity index (χ3n) is 6.35. The lowest BCUT2D eigenvalue weighted by atomic mass is 10.0. The Kier molecular flexibility index (Phi) is 6.57. The van der Waals surface area contributed by atoms with E-state index in [-0.39, 0.29) is 23.9 Å². The van der Waals surface area contributed by atoms with Crippen molar-refractivity contribution in [1.82, 2.24) is 10.3 Å². The van der Waals surface area contributed by atoms with Gasteiger partial charge in [-0.05, 0) is 67.2 Å². The van der Waals surface area contributed by atoms with Gasteiger partial charge in [0.15, 0.2) is 5.11 Å². The van der Waals surface area contributed by atoms with Gasteiger partial charge in [0, 0.05) is 29.1 Å². The normalized spacial score (nSPS) is 17.3. The van der Waals surface area contributed by atoms with E-state index in [1.54, 1.807) is 6.20 Å². The van der Waals surface area contributed by atoms with E-state index in [1.165, 1.54) is 0 Å². The fourth-order valence-corrected chi connectivity index (χ4v) is 4.75. The second-order valence-corrected chi connectivity index (χ2v) is 9.59. The zero-order chi connectivity index (χ0) is 25.2. The summed E-state index contributed by atoms with van der Waals surface area (Å²) in [6.45, 7) is 5.74. The number of benzene rings is 2. The van der Waals surface area contributed by atoms with Crippen molar-refractivity contribution in [3.8, 4) is 11.3 Å². The summed E-state index contributed by atoms with van der Waals surface area (Å²) in [5.41, 5.74) is 4.54. The fraction of sp³-hybridized carbons (Fsp3) is 0.207. The minimum Gasteiger partial charge on any atom is -0.459 e. The Morgan fingerprint density at radius 2 is 1.83 bits per heavy atom. The molecule has 2 N–H and O–H groups in total. The third-order valence-corrected chi connectivity index (χ3v) is 6.66. The van der Waals surface area contributed by atoms with Gasteiger partial charge in [-0.1, -0.05) is 50.2 Å². The fourth-order valence-electron chi connectivity index (χ4n) is 4.41. The number of hydrogen-bond donors (Lipinski definition) is 2. The summed E-state index contributed by atoms with van der Waals surface area (Å²) < 4.78 is 6.41. The number of thiocarbonyl (C=S) groups is 1. The number of carbonyl (C=O) groups excluding carboxylic acids is 1. The molecule has 1 aliphatic rings. The van der Waals surface area contributed by atoms with Crippen molar-refractivity contribution in [3.05, 3.63) is 102 Å². The number of rotatable bonds is 6. The van der Waals surface area contributed by atoms with Crippen LogP contribution in [0.1, 0.15) is 42.9 Å². The second-order valence-electron chi connectivity index (χ2n) is 9.21. The summed E-state index contributed by atoms with van der Waals surface area (Å²) in [4.78, 5) is 18.9. The van der Waals surface area contributed by atoms with Crippen LogP contribution in [0.3, 0.4) is 0 Å². The molecular weight excluding hydrogens is 468 g/mol. The summed E-state index contributed by atoms with van der Waals surface area (Å²) in [7, 11) is 0. The molecule has 2 aromatic carbocycles. The Labute approximate surface area is 216 Å². The van der Waals surface area contributed by atoms with Crippen molar-refractivity contribution < 1.29 is 9.21 Å². The first-order valence-corrected chi connectivity index (χ1v) is 12.4. The molecule has 0 spiro atoms. The highest BCUT2D eigenvalue weighted by Crippen LogP contribution is 2.43. The summed E-state index contributed by atoms with van der Waals surface area (Å²) in [5, 5.41) is 7.06. The summed E-state index contributed by atoms with van der Waals surface area (Å²) >= 11 is 5.83. The predicted molar refractivity (Wildman–Crippen MR) is 147 cm³/mol. The monoisotopic (exact) mass is 496 g/mol. The Morgan fingerprint density at radius 1 is 1.06 bits per heavy atom. The van der Waals surface area contributed by atoms with Gasteiger partial charge < -0.3 is 20.0 Å². The van der Waals surface area contributed by atoms with Crippen LogP contribution in [-0.2, 0) is 4.79 Å². The van der Waals surface area contributed by atoms with Crippen molar-refractivity contribution in [2.75, 3.05) is 10.2 Å².